The zero-order valence-corrected chi connectivity index (χ0v) is 14.2. The molecule has 0 N–H and O–H groups in total. The first-order valence-electron chi connectivity index (χ1n) is 5.53. The van der Waals surface area contributed by atoms with Gasteiger partial charge in [0.05, 0.1) is 0 Å². The molecule has 0 bridgehead atoms. The Kier molecular flexibility index (Phi) is 16.9. The van der Waals surface area contributed by atoms with E-state index in [2.05, 4.69) is 53.7 Å². The van der Waals surface area contributed by atoms with Gasteiger partial charge in [-0.2, -0.15) is 10.9 Å². The van der Waals surface area contributed by atoms with E-state index in [0.717, 1.165) is 13.1 Å². The van der Waals surface area contributed by atoms with Crippen molar-refractivity contribution in [3.8, 4) is 5.40 Å². The van der Waals surface area contributed by atoms with Gasteiger partial charge in [0, 0.05) is 0 Å². The quantitative estimate of drug-likeness (QED) is 0.254. The van der Waals surface area contributed by atoms with Crippen molar-refractivity contribution in [1.82, 2.24) is 0 Å². The fraction of sp³-hybridized carbons (Fsp3) is 0.500. The van der Waals surface area contributed by atoms with E-state index in [4.69, 9.17) is 10.7 Å². The van der Waals surface area contributed by atoms with Crippen molar-refractivity contribution >= 4 is 30.0 Å². The Bertz CT molecular complexity index is 351. The van der Waals surface area contributed by atoms with Crippen molar-refractivity contribution in [2.24, 2.45) is 0 Å². The van der Waals surface area contributed by atoms with Crippen LogP contribution >= 0.6 is 12.2 Å². The summed E-state index contributed by atoms with van der Waals surface area (Å²) in [6.45, 7) is 1.87. The van der Waals surface area contributed by atoms with Crippen LogP contribution < -0.4 is 0 Å². The number of hydrogen-bond acceptors (Lipinski definition) is 3. The van der Waals surface area contributed by atoms with Gasteiger partial charge < -0.3 is 28.7 Å². The molecule has 1 saturated heterocycles. The number of thiocyanates is 1. The van der Waals surface area contributed by atoms with Crippen molar-refractivity contribution in [2.75, 3.05) is 13.1 Å². The molecule has 0 aliphatic carbocycles. The number of hydrogen-bond donors (Lipinski definition) is 0. The zero-order chi connectivity index (χ0) is 13.6. The maximum atomic E-state index is 7.13. The van der Waals surface area contributed by atoms with E-state index in [-0.39, 0.29) is 21.1 Å². The number of thiocarbonyl (C=S) groups is 1. The Morgan fingerprint density at radius 2 is 2.11 bits per heavy atom. The van der Waals surface area contributed by atoms with Crippen molar-refractivity contribution in [3.63, 3.8) is 0 Å². The maximum absolute atomic E-state index is 7.13. The molecule has 2 aliphatic rings. The molecule has 0 saturated carbocycles. The van der Waals surface area contributed by atoms with Crippen LogP contribution in [0, 0.1) is 10.7 Å². The van der Waals surface area contributed by atoms with E-state index in [1.807, 2.05) is 0 Å². The maximum Gasteiger partial charge on any atom is 4.00 e. The predicted octanol–water partition coefficient (Wildman–Crippen LogP) is 3.41. The summed E-state index contributed by atoms with van der Waals surface area (Å²) >= 11 is 7.40. The molecule has 0 radical (unpaired) electrons. The molecule has 0 amide bonds. The monoisotopic (exact) mass is 473 g/mol. The van der Waals surface area contributed by atoms with Crippen LogP contribution in [0.2, 0.25) is 0 Å². The molecule has 19 heavy (non-hydrogen) atoms. The normalized spacial score (nSPS) is 19.3. The molecule has 2 aliphatic heterocycles. The van der Waals surface area contributed by atoms with E-state index < -0.39 is 0 Å². The molecule has 1 fully saturated rings. The Labute approximate surface area is 139 Å². The van der Waals surface area contributed by atoms with Crippen molar-refractivity contribution in [2.45, 2.75) is 25.3 Å². The summed E-state index contributed by atoms with van der Waals surface area (Å²) in [7, 11) is 0. The average Bonchev–Trinajstić information content (AvgIpc) is 2.43. The summed E-state index contributed by atoms with van der Waals surface area (Å²) in [5.74, 6) is 0. The SMILES string of the molecule is C1=CC[N-]C(C2CCCC[N-]2)=C1.N#C[S-].[N-]=C=S.[Pt+4]. The molecule has 4 nitrogen and oxygen atoms in total. The first-order chi connectivity index (χ1) is 8.79. The van der Waals surface area contributed by atoms with E-state index in [1.165, 1.54) is 35.5 Å². The van der Waals surface area contributed by atoms with Crippen LogP contribution in [0.3, 0.4) is 0 Å². The van der Waals surface area contributed by atoms with Crippen molar-refractivity contribution in [1.29, 1.82) is 5.26 Å². The Balaban J connectivity index is 0. The summed E-state index contributed by atoms with van der Waals surface area (Å²) in [5.41, 5.74) is 1.19. The van der Waals surface area contributed by atoms with Crippen molar-refractivity contribution < 1.29 is 21.1 Å². The summed E-state index contributed by atoms with van der Waals surface area (Å²) < 4.78 is 0. The summed E-state index contributed by atoms with van der Waals surface area (Å²) in [5, 5.41) is 25.9. The largest absolute Gasteiger partial charge is 4.00 e. The van der Waals surface area contributed by atoms with Gasteiger partial charge in [-0.15, -0.1) is 25.2 Å². The van der Waals surface area contributed by atoms with Crippen LogP contribution in [0.15, 0.2) is 23.9 Å². The van der Waals surface area contributed by atoms with Crippen LogP contribution in [0.1, 0.15) is 19.3 Å². The standard InChI is InChI=1S/C10H14N2.CHNS.CNS.Pt/c1-3-7-11-9(5-1)10-6-2-4-8-12-10;2*2-1-3;/h1,3,5,10H,2,4,6-8H2;3H;;/q-2;;-1;+4/p-1. The molecule has 0 aromatic rings. The van der Waals surface area contributed by atoms with Gasteiger partial charge in [0.25, 0.3) is 0 Å². The zero-order valence-electron chi connectivity index (χ0n) is 10.3. The van der Waals surface area contributed by atoms with Gasteiger partial charge in [-0.1, -0.05) is 49.0 Å². The Hall–Kier alpha value is -0.562. The molecule has 0 spiro atoms. The van der Waals surface area contributed by atoms with Gasteiger partial charge in [-0.05, 0) is 0 Å². The van der Waals surface area contributed by atoms with Crippen LogP contribution in [0.4, 0.5) is 0 Å². The second-order valence-electron chi connectivity index (χ2n) is 3.46. The predicted molar refractivity (Wildman–Crippen MR) is 80.2 cm³/mol. The third kappa shape index (κ3) is 11.0. The third-order valence-corrected chi connectivity index (χ3v) is 2.36. The topological polar surface area (TPSA) is 74.3 Å². The Morgan fingerprint density at radius 1 is 1.47 bits per heavy atom. The van der Waals surface area contributed by atoms with Crippen LogP contribution in [0.25, 0.3) is 16.0 Å². The van der Waals surface area contributed by atoms with E-state index in [1.54, 1.807) is 0 Å². The molecule has 7 heteroatoms. The third-order valence-electron chi connectivity index (χ3n) is 2.36. The van der Waals surface area contributed by atoms with Gasteiger partial charge >= 0.3 is 21.1 Å². The molecule has 104 valence electrons. The molecule has 0 aromatic carbocycles. The fourth-order valence-corrected chi connectivity index (χ4v) is 1.68. The second-order valence-corrected chi connectivity index (χ2v) is 3.83. The molecule has 2 rings (SSSR count). The molecule has 1 unspecified atom stereocenters. The summed E-state index contributed by atoms with van der Waals surface area (Å²) in [6, 6.07) is 0.406. The van der Waals surface area contributed by atoms with Crippen molar-refractivity contribution in [3.05, 3.63) is 40.0 Å². The van der Waals surface area contributed by atoms with Crippen LogP contribution in [-0.2, 0) is 33.7 Å². The molecule has 1 atom stereocenters. The summed E-state index contributed by atoms with van der Waals surface area (Å²) in [6.07, 6.45) is 10.0. The first-order valence-corrected chi connectivity index (χ1v) is 6.35. The number of isothiocyanates is 1. The summed E-state index contributed by atoms with van der Waals surface area (Å²) in [4.78, 5) is 0. The fourth-order valence-electron chi connectivity index (χ4n) is 1.68. The minimum Gasteiger partial charge on any atom is -0.753 e. The van der Waals surface area contributed by atoms with E-state index >= 15 is 0 Å². The number of nitrogens with zero attached hydrogens (tertiary/aromatic N) is 4. The number of piperidine rings is 1. The Morgan fingerprint density at radius 3 is 2.53 bits per heavy atom. The minimum absolute atomic E-state index is 0. The first kappa shape index (κ1) is 20.7. The number of allylic oxidation sites excluding steroid dienone is 2. The average molecular weight is 473 g/mol. The molecular formula is C12H14N4PtS2. The van der Waals surface area contributed by atoms with E-state index in [9.17, 15) is 0 Å². The molecular weight excluding hydrogens is 459 g/mol. The number of rotatable bonds is 1. The van der Waals surface area contributed by atoms with Gasteiger partial charge in [-0.25, -0.2) is 5.26 Å². The van der Waals surface area contributed by atoms with Gasteiger partial charge in [0.1, 0.15) is 0 Å². The second kappa shape index (κ2) is 15.5. The van der Waals surface area contributed by atoms with Gasteiger partial charge in [0.2, 0.25) is 0 Å². The van der Waals surface area contributed by atoms with E-state index in [0.29, 0.717) is 6.04 Å². The van der Waals surface area contributed by atoms with Gasteiger partial charge in [0.15, 0.2) is 0 Å². The number of nitriles is 1. The minimum atomic E-state index is 0. The van der Waals surface area contributed by atoms with Gasteiger partial charge in [-0.3, -0.25) is 0 Å². The molecule has 2 heterocycles. The van der Waals surface area contributed by atoms with Crippen LogP contribution in [-0.4, -0.2) is 24.3 Å². The molecule has 0 aromatic heterocycles. The smallest absolute Gasteiger partial charge is 0.753 e. The van der Waals surface area contributed by atoms with Crippen LogP contribution in [0.5, 0.6) is 0 Å².